The van der Waals surface area contributed by atoms with Gasteiger partial charge in [-0.25, -0.2) is 0 Å². The van der Waals surface area contributed by atoms with Gasteiger partial charge in [-0.1, -0.05) is 6.92 Å². The molecule has 6 heteroatoms. The topological polar surface area (TPSA) is 58.4 Å². The SMILES string of the molecule is Cc1nn(C)c(C)c1CCC(=O)N1CCC(C(=O)N2CCCC(C)C2)CC1. The molecule has 6 nitrogen and oxygen atoms in total. The second kappa shape index (κ2) is 8.44. The number of hydrogen-bond donors (Lipinski definition) is 0. The summed E-state index contributed by atoms with van der Waals surface area (Å²) in [6.07, 6.45) is 5.23. The van der Waals surface area contributed by atoms with E-state index in [1.165, 1.54) is 12.0 Å². The van der Waals surface area contributed by atoms with Crippen LogP contribution < -0.4 is 0 Å². The van der Waals surface area contributed by atoms with Crippen molar-refractivity contribution in [3.05, 3.63) is 17.0 Å². The van der Waals surface area contributed by atoms with Crippen LogP contribution in [0.4, 0.5) is 0 Å². The van der Waals surface area contributed by atoms with Gasteiger partial charge >= 0.3 is 0 Å². The van der Waals surface area contributed by atoms with Crippen LogP contribution in [0.2, 0.25) is 0 Å². The maximum absolute atomic E-state index is 12.8. The molecule has 0 aliphatic carbocycles. The normalized spacial score (nSPS) is 21.6. The minimum absolute atomic E-state index is 0.0992. The van der Waals surface area contributed by atoms with Gasteiger partial charge in [0.05, 0.1) is 5.69 Å². The van der Waals surface area contributed by atoms with E-state index in [0.29, 0.717) is 31.3 Å². The monoisotopic (exact) mass is 374 g/mol. The molecule has 0 bridgehead atoms. The van der Waals surface area contributed by atoms with E-state index in [1.807, 2.05) is 23.6 Å². The third-order valence-electron chi connectivity index (χ3n) is 6.41. The first-order valence-corrected chi connectivity index (χ1v) is 10.4. The first-order chi connectivity index (χ1) is 12.9. The molecule has 2 aliphatic rings. The molecule has 3 rings (SSSR count). The van der Waals surface area contributed by atoms with Crippen molar-refractivity contribution >= 4 is 11.8 Å². The highest BCUT2D eigenvalue weighted by atomic mass is 16.2. The standard InChI is InChI=1S/C21H34N4O2/c1-15-6-5-11-25(14-15)21(27)18-9-12-24(13-10-18)20(26)8-7-19-16(2)22-23(4)17(19)3/h15,18H,5-14H2,1-4H3. The Balaban J connectivity index is 1.47. The van der Waals surface area contributed by atoms with E-state index >= 15 is 0 Å². The maximum Gasteiger partial charge on any atom is 0.225 e. The smallest absolute Gasteiger partial charge is 0.225 e. The molecule has 1 aromatic rings. The van der Waals surface area contributed by atoms with Gasteiger partial charge in [-0.3, -0.25) is 14.3 Å². The Labute approximate surface area is 162 Å². The van der Waals surface area contributed by atoms with Crippen LogP contribution in [0.1, 0.15) is 56.0 Å². The first kappa shape index (κ1) is 19.9. The molecule has 150 valence electrons. The lowest BCUT2D eigenvalue weighted by Crippen LogP contribution is -2.47. The first-order valence-electron chi connectivity index (χ1n) is 10.4. The average molecular weight is 375 g/mol. The van der Waals surface area contributed by atoms with Crippen molar-refractivity contribution in [2.24, 2.45) is 18.9 Å². The quantitative estimate of drug-likeness (QED) is 0.813. The van der Waals surface area contributed by atoms with Gasteiger partial charge in [-0.2, -0.15) is 5.10 Å². The fraction of sp³-hybridized carbons (Fsp3) is 0.762. The molecular formula is C21H34N4O2. The van der Waals surface area contributed by atoms with E-state index in [1.54, 1.807) is 0 Å². The second-order valence-corrected chi connectivity index (χ2v) is 8.46. The number of carbonyl (C=O) groups is 2. The summed E-state index contributed by atoms with van der Waals surface area (Å²) < 4.78 is 1.88. The fourth-order valence-electron chi connectivity index (χ4n) is 4.59. The fourth-order valence-corrected chi connectivity index (χ4v) is 4.59. The molecule has 0 aromatic carbocycles. The van der Waals surface area contributed by atoms with Gasteiger partial charge in [-0.15, -0.1) is 0 Å². The number of amides is 2. The molecule has 0 N–H and O–H groups in total. The Hall–Kier alpha value is -1.85. The van der Waals surface area contributed by atoms with Crippen molar-refractivity contribution in [1.29, 1.82) is 0 Å². The van der Waals surface area contributed by atoms with Gasteiger partial charge in [-0.05, 0) is 57.4 Å². The van der Waals surface area contributed by atoms with E-state index in [4.69, 9.17) is 0 Å². The lowest BCUT2D eigenvalue weighted by atomic mass is 9.92. The predicted molar refractivity (Wildman–Crippen MR) is 105 cm³/mol. The average Bonchev–Trinajstić information content (AvgIpc) is 2.91. The van der Waals surface area contributed by atoms with Crippen LogP contribution in [0.3, 0.4) is 0 Å². The van der Waals surface area contributed by atoms with Crippen molar-refractivity contribution in [3.8, 4) is 0 Å². The molecule has 0 saturated carbocycles. The highest BCUT2D eigenvalue weighted by Crippen LogP contribution is 2.24. The number of piperidine rings is 2. The summed E-state index contributed by atoms with van der Waals surface area (Å²) in [4.78, 5) is 29.4. The summed E-state index contributed by atoms with van der Waals surface area (Å²) in [5, 5.41) is 4.43. The van der Waals surface area contributed by atoms with Crippen LogP contribution in [-0.2, 0) is 23.1 Å². The molecule has 0 radical (unpaired) electrons. The highest BCUT2D eigenvalue weighted by molar-refractivity contribution is 5.80. The van der Waals surface area contributed by atoms with Crippen LogP contribution >= 0.6 is 0 Å². The molecule has 1 unspecified atom stereocenters. The van der Waals surface area contributed by atoms with Crippen LogP contribution in [0, 0.1) is 25.7 Å². The Morgan fingerprint density at radius 2 is 1.78 bits per heavy atom. The van der Waals surface area contributed by atoms with E-state index < -0.39 is 0 Å². The minimum atomic E-state index is 0.0992. The number of carbonyl (C=O) groups excluding carboxylic acids is 2. The zero-order valence-electron chi connectivity index (χ0n) is 17.3. The van der Waals surface area contributed by atoms with Crippen molar-refractivity contribution in [3.63, 3.8) is 0 Å². The van der Waals surface area contributed by atoms with Gasteiger partial charge in [0.25, 0.3) is 0 Å². The molecule has 2 aliphatic heterocycles. The molecule has 2 saturated heterocycles. The minimum Gasteiger partial charge on any atom is -0.343 e. The van der Waals surface area contributed by atoms with E-state index in [0.717, 1.165) is 50.2 Å². The second-order valence-electron chi connectivity index (χ2n) is 8.46. The Morgan fingerprint density at radius 1 is 1.07 bits per heavy atom. The molecule has 27 heavy (non-hydrogen) atoms. The molecule has 2 fully saturated rings. The van der Waals surface area contributed by atoms with Gasteiger partial charge in [0.15, 0.2) is 0 Å². The molecule has 0 spiro atoms. The third kappa shape index (κ3) is 4.53. The Morgan fingerprint density at radius 3 is 2.37 bits per heavy atom. The van der Waals surface area contributed by atoms with E-state index in [9.17, 15) is 9.59 Å². The van der Waals surface area contributed by atoms with Crippen molar-refractivity contribution in [1.82, 2.24) is 19.6 Å². The number of nitrogens with zero attached hydrogens (tertiary/aromatic N) is 4. The van der Waals surface area contributed by atoms with E-state index in [2.05, 4.69) is 23.8 Å². The molecule has 1 aromatic heterocycles. The summed E-state index contributed by atoms with van der Waals surface area (Å²) in [7, 11) is 1.94. The van der Waals surface area contributed by atoms with Gasteiger partial charge in [0, 0.05) is 51.3 Å². The number of aryl methyl sites for hydroxylation is 2. The molecular weight excluding hydrogens is 340 g/mol. The largest absolute Gasteiger partial charge is 0.343 e. The Kier molecular flexibility index (Phi) is 6.22. The zero-order valence-corrected chi connectivity index (χ0v) is 17.3. The number of likely N-dealkylation sites (tertiary alicyclic amines) is 2. The van der Waals surface area contributed by atoms with Crippen LogP contribution in [0.25, 0.3) is 0 Å². The summed E-state index contributed by atoms with van der Waals surface area (Å²) >= 11 is 0. The highest BCUT2D eigenvalue weighted by Gasteiger charge is 2.31. The number of hydrogen-bond acceptors (Lipinski definition) is 3. The lowest BCUT2D eigenvalue weighted by Gasteiger charge is -2.37. The van der Waals surface area contributed by atoms with Crippen molar-refractivity contribution in [2.75, 3.05) is 26.2 Å². The Bertz CT molecular complexity index is 689. The summed E-state index contributed by atoms with van der Waals surface area (Å²) in [6, 6.07) is 0. The summed E-state index contributed by atoms with van der Waals surface area (Å²) in [6.45, 7) is 9.53. The van der Waals surface area contributed by atoms with Crippen LogP contribution in [0.5, 0.6) is 0 Å². The molecule has 3 heterocycles. The van der Waals surface area contributed by atoms with Crippen LogP contribution in [-0.4, -0.2) is 57.6 Å². The molecule has 1 atom stereocenters. The lowest BCUT2D eigenvalue weighted by molar-refractivity contribution is -0.142. The maximum atomic E-state index is 12.8. The van der Waals surface area contributed by atoms with Gasteiger partial charge in [0.2, 0.25) is 11.8 Å². The third-order valence-corrected chi connectivity index (χ3v) is 6.41. The number of rotatable bonds is 4. The summed E-state index contributed by atoms with van der Waals surface area (Å²) in [5.74, 6) is 1.23. The molecule has 2 amide bonds. The predicted octanol–water partition coefficient (Wildman–Crippen LogP) is 2.47. The van der Waals surface area contributed by atoms with Gasteiger partial charge < -0.3 is 9.80 Å². The van der Waals surface area contributed by atoms with Crippen molar-refractivity contribution < 1.29 is 9.59 Å². The number of aromatic nitrogens is 2. The van der Waals surface area contributed by atoms with Gasteiger partial charge in [0.1, 0.15) is 0 Å². The van der Waals surface area contributed by atoms with Crippen LogP contribution in [0.15, 0.2) is 0 Å². The summed E-state index contributed by atoms with van der Waals surface area (Å²) in [5.41, 5.74) is 3.35. The zero-order chi connectivity index (χ0) is 19.6. The van der Waals surface area contributed by atoms with E-state index in [-0.39, 0.29) is 11.8 Å². The van der Waals surface area contributed by atoms with Crippen molar-refractivity contribution in [2.45, 2.75) is 59.3 Å².